The van der Waals surface area contributed by atoms with Crippen LogP contribution < -0.4 is 5.56 Å². The maximum Gasteiger partial charge on any atom is 0.259 e. The summed E-state index contributed by atoms with van der Waals surface area (Å²) in [5.41, 5.74) is 1.23. The zero-order valence-electron chi connectivity index (χ0n) is 16.1. The van der Waals surface area contributed by atoms with Crippen molar-refractivity contribution < 1.29 is 4.79 Å². The van der Waals surface area contributed by atoms with Gasteiger partial charge in [-0.25, -0.2) is 9.67 Å². The number of nitrogens with one attached hydrogen (secondary N) is 1. The highest BCUT2D eigenvalue weighted by atomic mass is 32.1. The van der Waals surface area contributed by atoms with Crippen molar-refractivity contribution in [2.24, 2.45) is 0 Å². The van der Waals surface area contributed by atoms with Crippen LogP contribution in [0.4, 0.5) is 0 Å². The molecule has 29 heavy (non-hydrogen) atoms. The number of aromatic amines is 1. The highest BCUT2D eigenvalue weighted by molar-refractivity contribution is 7.18. The first kappa shape index (κ1) is 18.4. The molecule has 1 fully saturated rings. The molecule has 0 saturated carbocycles. The number of aromatic nitrogens is 6. The van der Waals surface area contributed by atoms with Gasteiger partial charge in [-0.1, -0.05) is 0 Å². The van der Waals surface area contributed by atoms with Crippen molar-refractivity contribution >= 4 is 27.5 Å². The number of thiophene rings is 1. The standard InChI is InChI=1S/C19H23N7O2S/c27-15(7-10-26-11-20-23-24-26)25-8-5-12(6-9-25)17-21-18(28)16-13-3-1-2-4-14(13)29-19(16)22-17/h11-12H,1-10H2,(H,21,22,28). The largest absolute Gasteiger partial charge is 0.343 e. The minimum atomic E-state index is 0.00403. The smallest absolute Gasteiger partial charge is 0.259 e. The number of hydrogen-bond acceptors (Lipinski definition) is 7. The van der Waals surface area contributed by atoms with Crippen molar-refractivity contribution in [3.8, 4) is 0 Å². The van der Waals surface area contributed by atoms with Crippen LogP contribution in [0.25, 0.3) is 10.2 Å². The van der Waals surface area contributed by atoms with E-state index < -0.39 is 0 Å². The maximum absolute atomic E-state index is 12.8. The minimum Gasteiger partial charge on any atom is -0.343 e. The van der Waals surface area contributed by atoms with Gasteiger partial charge in [0.05, 0.1) is 11.9 Å². The van der Waals surface area contributed by atoms with Crippen molar-refractivity contribution in [2.45, 2.75) is 57.4 Å². The number of fused-ring (bicyclic) bond motifs is 3. The molecule has 0 unspecified atom stereocenters. The van der Waals surface area contributed by atoms with Crippen molar-refractivity contribution in [1.29, 1.82) is 0 Å². The number of carbonyl (C=O) groups is 1. The fourth-order valence-electron chi connectivity index (χ4n) is 4.43. The lowest BCUT2D eigenvalue weighted by Gasteiger charge is -2.31. The van der Waals surface area contributed by atoms with Crippen LogP contribution in [0, 0.1) is 0 Å². The number of rotatable bonds is 4. The Balaban J connectivity index is 1.26. The lowest BCUT2D eigenvalue weighted by Crippen LogP contribution is -2.38. The Labute approximate surface area is 171 Å². The van der Waals surface area contributed by atoms with E-state index in [0.29, 0.717) is 26.1 Å². The summed E-state index contributed by atoms with van der Waals surface area (Å²) in [5.74, 6) is 1.08. The quantitative estimate of drug-likeness (QED) is 0.696. The van der Waals surface area contributed by atoms with Crippen molar-refractivity contribution in [3.05, 3.63) is 32.9 Å². The second-order valence-corrected chi connectivity index (χ2v) is 8.90. The number of hydrogen-bond donors (Lipinski definition) is 1. The molecule has 0 bridgehead atoms. The first-order valence-electron chi connectivity index (χ1n) is 10.2. The third-order valence-corrected chi connectivity index (χ3v) is 7.21. The molecule has 0 aromatic carbocycles. The summed E-state index contributed by atoms with van der Waals surface area (Å²) in [4.78, 5) is 37.2. The second-order valence-electron chi connectivity index (χ2n) is 7.82. The SMILES string of the molecule is O=C(CCn1cnnn1)N1CCC(c2nc3sc4c(c3c(=O)[nH]2)CCCC4)CC1. The van der Waals surface area contributed by atoms with Crippen molar-refractivity contribution in [1.82, 2.24) is 35.1 Å². The average molecular weight is 414 g/mol. The van der Waals surface area contributed by atoms with Gasteiger partial charge in [0.2, 0.25) is 5.91 Å². The summed E-state index contributed by atoms with van der Waals surface area (Å²) in [6.07, 6.45) is 7.94. The molecule has 2 aliphatic rings. The molecule has 1 aliphatic heterocycles. The Hall–Kier alpha value is -2.62. The number of amides is 1. The van der Waals surface area contributed by atoms with Gasteiger partial charge in [-0.05, 0) is 54.5 Å². The summed E-state index contributed by atoms with van der Waals surface area (Å²) in [6.45, 7) is 1.85. The van der Waals surface area contributed by atoms with E-state index in [-0.39, 0.29) is 17.4 Å². The topological polar surface area (TPSA) is 110 Å². The number of tetrazole rings is 1. The van der Waals surface area contributed by atoms with Gasteiger partial charge in [-0.15, -0.1) is 16.4 Å². The summed E-state index contributed by atoms with van der Waals surface area (Å²) >= 11 is 1.69. The molecular formula is C19H23N7O2S. The number of H-pyrrole nitrogens is 1. The summed E-state index contributed by atoms with van der Waals surface area (Å²) in [6, 6.07) is 0. The molecule has 0 radical (unpaired) electrons. The lowest BCUT2D eigenvalue weighted by atomic mass is 9.95. The number of carbonyl (C=O) groups excluding carboxylic acids is 1. The molecule has 1 saturated heterocycles. The van der Waals surface area contributed by atoms with Gasteiger partial charge in [0.25, 0.3) is 5.56 Å². The van der Waals surface area contributed by atoms with Crippen LogP contribution in [0.3, 0.4) is 0 Å². The molecule has 10 heteroatoms. The van der Waals surface area contributed by atoms with Gasteiger partial charge in [0.1, 0.15) is 17.0 Å². The van der Waals surface area contributed by atoms with Gasteiger partial charge in [0, 0.05) is 30.3 Å². The Kier molecular flexibility index (Phi) is 4.86. The van der Waals surface area contributed by atoms with Crippen LogP contribution in [0.15, 0.2) is 11.1 Å². The number of aryl methyl sites for hydroxylation is 3. The molecule has 4 heterocycles. The number of piperidine rings is 1. The summed E-state index contributed by atoms with van der Waals surface area (Å²) in [7, 11) is 0. The van der Waals surface area contributed by atoms with Crippen LogP contribution in [0.5, 0.6) is 0 Å². The zero-order valence-corrected chi connectivity index (χ0v) is 17.0. The molecule has 152 valence electrons. The highest BCUT2D eigenvalue weighted by Gasteiger charge is 2.27. The maximum atomic E-state index is 12.8. The molecule has 0 spiro atoms. The molecule has 9 nitrogen and oxygen atoms in total. The zero-order chi connectivity index (χ0) is 19.8. The van der Waals surface area contributed by atoms with Gasteiger partial charge in [0.15, 0.2) is 0 Å². The second kappa shape index (κ2) is 7.66. The minimum absolute atomic E-state index is 0.00403. The molecular weight excluding hydrogens is 390 g/mol. The van der Waals surface area contributed by atoms with Gasteiger partial charge in [-0.3, -0.25) is 9.59 Å². The fourth-order valence-corrected chi connectivity index (χ4v) is 5.70. The molecule has 3 aromatic heterocycles. The van der Waals surface area contributed by atoms with Crippen LogP contribution in [-0.4, -0.2) is 54.1 Å². The van der Waals surface area contributed by atoms with E-state index in [1.165, 1.54) is 23.2 Å². The van der Waals surface area contributed by atoms with Crippen LogP contribution in [0.1, 0.15) is 54.3 Å². The number of likely N-dealkylation sites (tertiary alicyclic amines) is 1. The monoisotopic (exact) mass is 413 g/mol. The Morgan fingerprint density at radius 3 is 2.86 bits per heavy atom. The molecule has 0 atom stereocenters. The van der Waals surface area contributed by atoms with Crippen LogP contribution in [0.2, 0.25) is 0 Å². The molecule has 3 aromatic rings. The van der Waals surface area contributed by atoms with Crippen molar-refractivity contribution in [2.75, 3.05) is 13.1 Å². The summed E-state index contributed by atoms with van der Waals surface area (Å²) in [5, 5.41) is 11.8. The Morgan fingerprint density at radius 2 is 2.07 bits per heavy atom. The van der Waals surface area contributed by atoms with E-state index >= 15 is 0 Å². The highest BCUT2D eigenvalue weighted by Crippen LogP contribution is 2.34. The van der Waals surface area contributed by atoms with E-state index in [2.05, 4.69) is 20.5 Å². The van der Waals surface area contributed by atoms with Crippen LogP contribution in [-0.2, 0) is 24.2 Å². The van der Waals surface area contributed by atoms with E-state index in [1.54, 1.807) is 16.0 Å². The van der Waals surface area contributed by atoms with Gasteiger partial charge < -0.3 is 9.88 Å². The van der Waals surface area contributed by atoms with Crippen molar-refractivity contribution in [3.63, 3.8) is 0 Å². The Bertz CT molecular complexity index is 1080. The van der Waals surface area contributed by atoms with Gasteiger partial charge in [-0.2, -0.15) is 0 Å². The van der Waals surface area contributed by atoms with E-state index in [1.807, 2.05) is 4.90 Å². The predicted octanol–water partition coefficient (Wildman–Crippen LogP) is 1.65. The summed E-state index contributed by atoms with van der Waals surface area (Å²) < 4.78 is 1.56. The molecule has 1 N–H and O–H groups in total. The third kappa shape index (κ3) is 3.57. The third-order valence-electron chi connectivity index (χ3n) is 6.02. The van der Waals surface area contributed by atoms with E-state index in [9.17, 15) is 9.59 Å². The van der Waals surface area contributed by atoms with Crippen LogP contribution >= 0.6 is 11.3 Å². The van der Waals surface area contributed by atoms with E-state index in [0.717, 1.165) is 48.1 Å². The predicted molar refractivity (Wildman–Crippen MR) is 108 cm³/mol. The van der Waals surface area contributed by atoms with Gasteiger partial charge >= 0.3 is 0 Å². The first-order chi connectivity index (χ1) is 14.2. The molecule has 1 aliphatic carbocycles. The normalized spacial score (nSPS) is 17.6. The lowest BCUT2D eigenvalue weighted by molar-refractivity contribution is -0.132. The first-order valence-corrected chi connectivity index (χ1v) is 11.0. The number of nitrogens with zero attached hydrogens (tertiary/aromatic N) is 6. The fraction of sp³-hybridized carbons (Fsp3) is 0.579. The Morgan fingerprint density at radius 1 is 1.24 bits per heavy atom. The van der Waals surface area contributed by atoms with E-state index in [4.69, 9.17) is 4.98 Å². The average Bonchev–Trinajstić information content (AvgIpc) is 3.39. The molecule has 1 amide bonds. The molecule has 5 rings (SSSR count).